The first-order valence-corrected chi connectivity index (χ1v) is 5.84. The number of rotatable bonds is 4. The SMILES string of the molecule is O=C(Nc1cccc(Cn2cncn2)c1)OCC(F)(F)F. The molecule has 0 aliphatic carbocycles. The first-order chi connectivity index (χ1) is 9.92. The Balaban J connectivity index is 1.93. The van der Waals surface area contributed by atoms with Crippen molar-refractivity contribution in [1.29, 1.82) is 0 Å². The lowest BCUT2D eigenvalue weighted by atomic mass is 10.2. The molecule has 6 nitrogen and oxygen atoms in total. The van der Waals surface area contributed by atoms with Crippen molar-refractivity contribution < 1.29 is 22.7 Å². The van der Waals surface area contributed by atoms with E-state index in [4.69, 9.17) is 0 Å². The van der Waals surface area contributed by atoms with E-state index >= 15 is 0 Å². The summed E-state index contributed by atoms with van der Waals surface area (Å²) in [5, 5.41) is 6.16. The Hall–Kier alpha value is -2.58. The number of aromatic nitrogens is 3. The average molecular weight is 300 g/mol. The van der Waals surface area contributed by atoms with Crippen LogP contribution in [0.5, 0.6) is 0 Å². The largest absolute Gasteiger partial charge is 0.440 e. The van der Waals surface area contributed by atoms with E-state index in [0.717, 1.165) is 5.56 Å². The van der Waals surface area contributed by atoms with Crippen LogP contribution >= 0.6 is 0 Å². The molecule has 1 aromatic carbocycles. The van der Waals surface area contributed by atoms with Crippen molar-refractivity contribution in [3.05, 3.63) is 42.5 Å². The predicted octanol–water partition coefficient (Wildman–Crippen LogP) is 2.44. The smallest absolute Gasteiger partial charge is 0.422 e. The number of amides is 1. The quantitative estimate of drug-likeness (QED) is 0.941. The van der Waals surface area contributed by atoms with Gasteiger partial charge in [-0.25, -0.2) is 14.5 Å². The fourth-order valence-electron chi connectivity index (χ4n) is 1.55. The molecule has 0 bridgehead atoms. The maximum atomic E-state index is 11.9. The number of nitrogens with zero attached hydrogens (tertiary/aromatic N) is 3. The number of ether oxygens (including phenoxy) is 1. The van der Waals surface area contributed by atoms with Crippen LogP contribution in [0.15, 0.2) is 36.9 Å². The highest BCUT2D eigenvalue weighted by Gasteiger charge is 2.29. The van der Waals surface area contributed by atoms with Crippen LogP contribution in [0.3, 0.4) is 0 Å². The minimum absolute atomic E-state index is 0.333. The van der Waals surface area contributed by atoms with Crippen molar-refractivity contribution in [2.75, 3.05) is 11.9 Å². The molecule has 9 heteroatoms. The van der Waals surface area contributed by atoms with Crippen LogP contribution in [0.1, 0.15) is 5.56 Å². The number of halogens is 3. The van der Waals surface area contributed by atoms with Crippen molar-refractivity contribution in [1.82, 2.24) is 14.8 Å². The van der Waals surface area contributed by atoms with Gasteiger partial charge in [0.25, 0.3) is 0 Å². The number of anilines is 1. The lowest BCUT2D eigenvalue weighted by Crippen LogP contribution is -2.23. The van der Waals surface area contributed by atoms with E-state index in [1.807, 2.05) is 0 Å². The van der Waals surface area contributed by atoms with E-state index in [-0.39, 0.29) is 0 Å². The zero-order valence-corrected chi connectivity index (χ0v) is 10.7. The maximum absolute atomic E-state index is 11.9. The molecule has 1 N–H and O–H groups in total. The van der Waals surface area contributed by atoms with Crippen molar-refractivity contribution in [3.8, 4) is 0 Å². The molecule has 2 aromatic rings. The van der Waals surface area contributed by atoms with E-state index < -0.39 is 18.9 Å². The molecule has 1 amide bonds. The fourth-order valence-corrected chi connectivity index (χ4v) is 1.55. The number of alkyl halides is 3. The van der Waals surface area contributed by atoms with Gasteiger partial charge in [0.1, 0.15) is 12.7 Å². The number of benzene rings is 1. The van der Waals surface area contributed by atoms with Gasteiger partial charge in [-0.15, -0.1) is 0 Å². The van der Waals surface area contributed by atoms with E-state index in [2.05, 4.69) is 20.1 Å². The van der Waals surface area contributed by atoms with Crippen LogP contribution in [0.4, 0.5) is 23.7 Å². The second-order valence-electron chi connectivity index (χ2n) is 4.11. The first-order valence-electron chi connectivity index (χ1n) is 5.84. The van der Waals surface area contributed by atoms with Gasteiger partial charge in [-0.2, -0.15) is 18.3 Å². The Bertz CT molecular complexity index is 599. The van der Waals surface area contributed by atoms with Crippen LogP contribution in [0.25, 0.3) is 0 Å². The Labute approximate surface area is 117 Å². The highest BCUT2D eigenvalue weighted by atomic mass is 19.4. The zero-order valence-electron chi connectivity index (χ0n) is 10.7. The highest BCUT2D eigenvalue weighted by molar-refractivity contribution is 5.84. The molecule has 0 spiro atoms. The molecule has 0 fully saturated rings. The second-order valence-corrected chi connectivity index (χ2v) is 4.11. The molecule has 1 heterocycles. The molecule has 1 aromatic heterocycles. The minimum Gasteiger partial charge on any atom is -0.440 e. The van der Waals surface area contributed by atoms with Crippen molar-refractivity contribution in [3.63, 3.8) is 0 Å². The molecule has 2 rings (SSSR count). The predicted molar refractivity (Wildman–Crippen MR) is 66.6 cm³/mol. The molecule has 0 saturated heterocycles. The van der Waals surface area contributed by atoms with Crippen molar-refractivity contribution in [2.24, 2.45) is 0 Å². The van der Waals surface area contributed by atoms with Gasteiger partial charge in [-0.05, 0) is 17.7 Å². The van der Waals surface area contributed by atoms with Gasteiger partial charge in [-0.1, -0.05) is 12.1 Å². The normalized spacial score (nSPS) is 11.2. The first kappa shape index (κ1) is 14.8. The number of carbonyl (C=O) groups excluding carboxylic acids is 1. The lowest BCUT2D eigenvalue weighted by molar-refractivity contribution is -0.159. The summed E-state index contributed by atoms with van der Waals surface area (Å²) in [4.78, 5) is 15.0. The third kappa shape index (κ3) is 5.13. The van der Waals surface area contributed by atoms with Gasteiger partial charge in [-0.3, -0.25) is 5.32 Å². The molecule has 0 aliphatic rings. The summed E-state index contributed by atoms with van der Waals surface area (Å²) < 4.78 is 41.4. The number of nitrogens with one attached hydrogen (secondary N) is 1. The highest BCUT2D eigenvalue weighted by Crippen LogP contribution is 2.16. The molecule has 112 valence electrons. The van der Waals surface area contributed by atoms with Gasteiger partial charge in [0.15, 0.2) is 6.61 Å². The minimum atomic E-state index is -4.55. The summed E-state index contributed by atoms with van der Waals surface area (Å²) in [6, 6.07) is 6.59. The van der Waals surface area contributed by atoms with Gasteiger partial charge in [0.05, 0.1) is 6.54 Å². The number of hydrogen-bond donors (Lipinski definition) is 1. The van der Waals surface area contributed by atoms with E-state index in [0.29, 0.717) is 12.2 Å². The van der Waals surface area contributed by atoms with E-state index in [1.54, 1.807) is 28.9 Å². The summed E-state index contributed by atoms with van der Waals surface area (Å²) in [5.41, 5.74) is 1.13. The standard InChI is InChI=1S/C12H11F3N4O2/c13-12(14,15)6-21-11(20)18-10-3-1-2-9(4-10)5-19-8-16-7-17-19/h1-4,7-8H,5-6H2,(H,18,20). The zero-order chi connectivity index (χ0) is 15.3. The second kappa shape index (κ2) is 6.25. The maximum Gasteiger partial charge on any atom is 0.422 e. The molecule has 0 aliphatic heterocycles. The number of hydrogen-bond acceptors (Lipinski definition) is 4. The average Bonchev–Trinajstić information content (AvgIpc) is 2.89. The Morgan fingerprint density at radius 1 is 1.38 bits per heavy atom. The molecule has 0 saturated carbocycles. The van der Waals surface area contributed by atoms with E-state index in [9.17, 15) is 18.0 Å². The fraction of sp³-hybridized carbons (Fsp3) is 0.250. The van der Waals surface area contributed by atoms with Gasteiger partial charge in [0, 0.05) is 5.69 Å². The van der Waals surface area contributed by atoms with Gasteiger partial charge < -0.3 is 4.74 Å². The van der Waals surface area contributed by atoms with Gasteiger partial charge >= 0.3 is 12.3 Å². The van der Waals surface area contributed by atoms with E-state index in [1.165, 1.54) is 12.7 Å². The Morgan fingerprint density at radius 2 is 2.19 bits per heavy atom. The van der Waals surface area contributed by atoms with Crippen LogP contribution in [-0.2, 0) is 11.3 Å². The Kier molecular flexibility index (Phi) is 4.41. The van der Waals surface area contributed by atoms with Crippen molar-refractivity contribution in [2.45, 2.75) is 12.7 Å². The molecule has 21 heavy (non-hydrogen) atoms. The van der Waals surface area contributed by atoms with Gasteiger partial charge in [0.2, 0.25) is 0 Å². The monoisotopic (exact) mass is 300 g/mol. The molecule has 0 atom stereocenters. The summed E-state index contributed by atoms with van der Waals surface area (Å²) >= 11 is 0. The molecule has 0 unspecified atom stereocenters. The Morgan fingerprint density at radius 3 is 2.86 bits per heavy atom. The van der Waals surface area contributed by atoms with Crippen molar-refractivity contribution >= 4 is 11.8 Å². The third-order valence-electron chi connectivity index (χ3n) is 2.35. The number of carbonyl (C=O) groups is 1. The van der Waals surface area contributed by atoms with Crippen LogP contribution < -0.4 is 5.32 Å². The third-order valence-corrected chi connectivity index (χ3v) is 2.35. The van der Waals surface area contributed by atoms with Crippen LogP contribution in [0, 0.1) is 0 Å². The molecular weight excluding hydrogens is 289 g/mol. The van der Waals surface area contributed by atoms with Crippen LogP contribution in [0.2, 0.25) is 0 Å². The molecular formula is C12H11F3N4O2. The summed E-state index contributed by atoms with van der Waals surface area (Å²) in [6.45, 7) is -1.20. The molecule has 0 radical (unpaired) electrons. The summed E-state index contributed by atoms with van der Waals surface area (Å²) in [7, 11) is 0. The lowest BCUT2D eigenvalue weighted by Gasteiger charge is -2.10. The topological polar surface area (TPSA) is 69.0 Å². The van der Waals surface area contributed by atoms with Crippen LogP contribution in [-0.4, -0.2) is 33.6 Å². The summed E-state index contributed by atoms with van der Waals surface area (Å²) in [6.07, 6.45) is -2.80. The summed E-state index contributed by atoms with van der Waals surface area (Å²) in [5.74, 6) is 0.